The zero-order valence-electron chi connectivity index (χ0n) is 20.2. The number of rotatable bonds is 10. The predicted molar refractivity (Wildman–Crippen MR) is 131 cm³/mol. The van der Waals surface area contributed by atoms with Crippen molar-refractivity contribution in [3.05, 3.63) is 70.9 Å². The van der Waals surface area contributed by atoms with Crippen LogP contribution in [0.4, 0.5) is 13.2 Å². The van der Waals surface area contributed by atoms with E-state index in [9.17, 15) is 18.0 Å². The Bertz CT molecular complexity index is 1310. The van der Waals surface area contributed by atoms with Crippen molar-refractivity contribution in [2.45, 2.75) is 39.3 Å². The first kappa shape index (κ1) is 25.6. The van der Waals surface area contributed by atoms with Gasteiger partial charge in [0.1, 0.15) is 5.71 Å². The quantitative estimate of drug-likeness (QED) is 0.418. The van der Waals surface area contributed by atoms with Gasteiger partial charge in [0, 0.05) is 43.1 Å². The number of benzene rings is 1. The maximum atomic E-state index is 13.4. The van der Waals surface area contributed by atoms with Gasteiger partial charge in [-0.25, -0.2) is 4.98 Å². The Kier molecular flexibility index (Phi) is 7.83. The fraction of sp³-hybridized carbons (Fsp3) is 0.385. The minimum atomic E-state index is -4.53. The minimum absolute atomic E-state index is 0.0131. The third kappa shape index (κ3) is 5.48. The van der Waals surface area contributed by atoms with Crippen LogP contribution < -0.4 is 5.32 Å². The number of aliphatic imine (C=N–C) groups is 1. The lowest BCUT2D eigenvalue weighted by Gasteiger charge is -2.12. The van der Waals surface area contributed by atoms with Gasteiger partial charge in [-0.3, -0.25) is 19.2 Å². The van der Waals surface area contributed by atoms with E-state index in [2.05, 4.69) is 20.3 Å². The number of carbonyl (C=O) groups is 1. The summed E-state index contributed by atoms with van der Waals surface area (Å²) < 4.78 is 47.2. The van der Waals surface area contributed by atoms with E-state index in [0.717, 1.165) is 17.5 Å². The lowest BCUT2D eigenvalue weighted by molar-refractivity contribution is -0.0571. The Balaban J connectivity index is 1.54. The second-order valence-corrected chi connectivity index (χ2v) is 8.41. The van der Waals surface area contributed by atoms with E-state index < -0.39 is 11.9 Å². The zero-order valence-corrected chi connectivity index (χ0v) is 20.2. The molecule has 0 saturated carbocycles. The van der Waals surface area contributed by atoms with Crippen molar-refractivity contribution in [2.24, 2.45) is 4.99 Å². The van der Waals surface area contributed by atoms with Crippen molar-refractivity contribution in [2.75, 3.05) is 26.3 Å². The van der Waals surface area contributed by atoms with E-state index >= 15 is 0 Å². The number of allylic oxidation sites excluding steroid dienone is 1. The molecule has 0 radical (unpaired) electrons. The monoisotopic (exact) mass is 499 g/mol. The lowest BCUT2D eigenvalue weighted by atomic mass is 9.99. The number of nitrogens with zero attached hydrogens (tertiary/aromatic N) is 4. The normalized spacial score (nSPS) is 13.7. The van der Waals surface area contributed by atoms with Gasteiger partial charge in [0.15, 0.2) is 5.65 Å². The summed E-state index contributed by atoms with van der Waals surface area (Å²) >= 11 is 0. The largest absolute Gasteiger partial charge is 0.433 e. The highest BCUT2D eigenvalue weighted by Crippen LogP contribution is 2.32. The Hall–Kier alpha value is -3.53. The molecule has 0 spiro atoms. The summed E-state index contributed by atoms with van der Waals surface area (Å²) in [5, 5.41) is 2.88. The van der Waals surface area contributed by atoms with Crippen molar-refractivity contribution in [1.82, 2.24) is 19.7 Å². The number of fused-ring (bicyclic) bond motifs is 1. The Morgan fingerprint density at radius 3 is 2.78 bits per heavy atom. The molecule has 1 aliphatic heterocycles. The number of nitrogens with one attached hydrogen (secondary N) is 1. The molecule has 3 heterocycles. The van der Waals surface area contributed by atoms with Crippen molar-refractivity contribution < 1.29 is 22.7 Å². The average Bonchev–Trinajstić information content (AvgIpc) is 3.51. The number of halogens is 3. The van der Waals surface area contributed by atoms with E-state index in [-0.39, 0.29) is 18.0 Å². The molecule has 10 heteroatoms. The molecule has 1 aromatic carbocycles. The average molecular weight is 500 g/mol. The van der Waals surface area contributed by atoms with E-state index in [0.29, 0.717) is 55.2 Å². The molecular formula is C26H28F3N5O2. The summed E-state index contributed by atoms with van der Waals surface area (Å²) in [4.78, 5) is 25.1. The fourth-order valence-electron chi connectivity index (χ4n) is 4.22. The Morgan fingerprint density at radius 1 is 1.19 bits per heavy atom. The van der Waals surface area contributed by atoms with Gasteiger partial charge in [-0.1, -0.05) is 32.1 Å². The van der Waals surface area contributed by atoms with Crippen molar-refractivity contribution in [3.63, 3.8) is 0 Å². The summed E-state index contributed by atoms with van der Waals surface area (Å²) in [6.45, 7) is 5.57. The van der Waals surface area contributed by atoms with Gasteiger partial charge in [-0.05, 0) is 30.0 Å². The summed E-state index contributed by atoms with van der Waals surface area (Å²) in [7, 11) is 0. The molecule has 0 saturated heterocycles. The molecule has 0 fully saturated rings. The highest BCUT2D eigenvalue weighted by atomic mass is 19.4. The number of hydrogen-bond donors (Lipinski definition) is 1. The van der Waals surface area contributed by atoms with Crippen LogP contribution in [0.2, 0.25) is 0 Å². The smallest absolute Gasteiger partial charge is 0.380 e. The number of aromatic nitrogens is 3. The van der Waals surface area contributed by atoms with E-state index in [1.165, 1.54) is 12.3 Å². The number of hydrogen-bond acceptors (Lipinski definition) is 5. The molecule has 1 aliphatic rings. The van der Waals surface area contributed by atoms with Gasteiger partial charge in [-0.2, -0.15) is 13.2 Å². The molecule has 0 atom stereocenters. The van der Waals surface area contributed by atoms with Crippen molar-refractivity contribution in [3.8, 4) is 0 Å². The van der Waals surface area contributed by atoms with Gasteiger partial charge in [0.25, 0.3) is 5.91 Å². The Morgan fingerprint density at radius 2 is 2.03 bits per heavy atom. The second-order valence-electron chi connectivity index (χ2n) is 8.41. The number of alkyl halides is 3. The summed E-state index contributed by atoms with van der Waals surface area (Å²) in [6.07, 6.45) is 3.52. The number of carbonyl (C=O) groups excluding carboxylic acids is 1. The molecule has 0 aliphatic carbocycles. The van der Waals surface area contributed by atoms with E-state index in [1.807, 2.05) is 26.0 Å². The van der Waals surface area contributed by atoms with Crippen LogP contribution in [0.25, 0.3) is 11.2 Å². The topological polar surface area (TPSA) is 80.9 Å². The SMILES string of the molecule is CCCOCCNC(=O)c1ccc(Cc2nccn3c(C4=CCN=C4C(F)(F)F)cnc23)cc1CC. The molecule has 190 valence electrons. The maximum absolute atomic E-state index is 13.4. The van der Waals surface area contributed by atoms with Crippen molar-refractivity contribution >= 4 is 22.8 Å². The first-order valence-corrected chi connectivity index (χ1v) is 11.9. The molecule has 36 heavy (non-hydrogen) atoms. The second kappa shape index (κ2) is 11.0. The molecule has 0 unspecified atom stereocenters. The maximum Gasteiger partial charge on any atom is 0.433 e. The van der Waals surface area contributed by atoms with Crippen LogP contribution in [-0.4, -0.2) is 58.5 Å². The first-order valence-electron chi connectivity index (χ1n) is 11.9. The van der Waals surface area contributed by atoms with E-state index in [1.54, 1.807) is 22.9 Å². The zero-order chi connectivity index (χ0) is 25.7. The molecule has 1 amide bonds. The number of aryl methyl sites for hydroxylation is 1. The fourth-order valence-corrected chi connectivity index (χ4v) is 4.22. The van der Waals surface area contributed by atoms with Crippen molar-refractivity contribution in [1.29, 1.82) is 0 Å². The Labute approximate surface area is 207 Å². The van der Waals surface area contributed by atoms with E-state index in [4.69, 9.17) is 4.74 Å². The van der Waals surface area contributed by atoms with Crippen LogP contribution in [0.15, 0.2) is 47.9 Å². The van der Waals surface area contributed by atoms with Crippen LogP contribution >= 0.6 is 0 Å². The van der Waals surface area contributed by atoms with Gasteiger partial charge < -0.3 is 10.1 Å². The van der Waals surface area contributed by atoms with Crippen LogP contribution in [0.5, 0.6) is 0 Å². The molecule has 1 N–H and O–H groups in total. The van der Waals surface area contributed by atoms with Crippen LogP contribution in [0.3, 0.4) is 0 Å². The van der Waals surface area contributed by atoms with Crippen LogP contribution in [0.1, 0.15) is 53.1 Å². The lowest BCUT2D eigenvalue weighted by Crippen LogP contribution is -2.28. The van der Waals surface area contributed by atoms with Crippen LogP contribution in [-0.2, 0) is 17.6 Å². The summed E-state index contributed by atoms with van der Waals surface area (Å²) in [5.41, 5.74) is 3.01. The molecule has 0 bridgehead atoms. The third-order valence-corrected chi connectivity index (χ3v) is 5.89. The molecule has 3 aromatic rings. The highest BCUT2D eigenvalue weighted by molar-refractivity contribution is 6.27. The van der Waals surface area contributed by atoms with Gasteiger partial charge in [-0.15, -0.1) is 0 Å². The third-order valence-electron chi connectivity index (χ3n) is 5.89. The number of amides is 1. The summed E-state index contributed by atoms with van der Waals surface area (Å²) in [6, 6.07) is 5.62. The molecule has 2 aromatic heterocycles. The van der Waals surface area contributed by atoms with Gasteiger partial charge in [0.2, 0.25) is 0 Å². The van der Waals surface area contributed by atoms with Gasteiger partial charge >= 0.3 is 6.18 Å². The number of ether oxygens (including phenoxy) is 1. The first-order chi connectivity index (χ1) is 17.3. The molecule has 7 nitrogen and oxygen atoms in total. The molecule has 4 rings (SSSR count). The highest BCUT2D eigenvalue weighted by Gasteiger charge is 2.40. The standard InChI is InChI=1S/C26H28F3N5O2/c1-3-12-36-13-10-32-25(35)19-6-5-17(14-18(19)4-2)15-21-24-33-16-22(34(24)11-9-30-21)20-7-8-31-23(20)26(27,28)29/h5-7,9,11,14,16H,3-4,8,10,12-13,15H2,1-2H3,(H,32,35). The predicted octanol–water partition coefficient (Wildman–Crippen LogP) is 4.44. The minimum Gasteiger partial charge on any atom is -0.380 e. The summed E-state index contributed by atoms with van der Waals surface area (Å²) in [5.74, 6) is -0.149. The molecular weight excluding hydrogens is 471 g/mol. The van der Waals surface area contributed by atoms with Gasteiger partial charge in [0.05, 0.1) is 30.7 Å². The number of imidazole rings is 1. The van der Waals surface area contributed by atoms with Crippen LogP contribution in [0, 0.1) is 0 Å².